The van der Waals surface area contributed by atoms with Crippen molar-refractivity contribution < 1.29 is 4.79 Å². The average molecular weight is 238 g/mol. The maximum atomic E-state index is 12.0. The highest BCUT2D eigenvalue weighted by atomic mass is 16.2. The van der Waals surface area contributed by atoms with Gasteiger partial charge in [0.2, 0.25) is 0 Å². The Morgan fingerprint density at radius 1 is 1.53 bits per heavy atom. The van der Waals surface area contributed by atoms with Crippen molar-refractivity contribution in [1.29, 1.82) is 0 Å². The summed E-state index contributed by atoms with van der Waals surface area (Å²) in [6.45, 7) is 6.84. The Kier molecular flexibility index (Phi) is 5.00. The number of carbonyl (C=O) groups excluding carboxylic acids is 1. The maximum absolute atomic E-state index is 12.0. The van der Waals surface area contributed by atoms with Gasteiger partial charge in [-0.2, -0.15) is 5.10 Å². The first-order valence-corrected chi connectivity index (χ1v) is 6.26. The fraction of sp³-hybridized carbons (Fsp3) is 0.667. The molecule has 0 bridgehead atoms. The summed E-state index contributed by atoms with van der Waals surface area (Å²) in [6, 6.07) is 0.207. The molecule has 1 aromatic heterocycles. The van der Waals surface area contributed by atoms with Gasteiger partial charge < -0.3 is 11.1 Å². The third-order valence-corrected chi connectivity index (χ3v) is 2.79. The topological polar surface area (TPSA) is 72.9 Å². The van der Waals surface area contributed by atoms with Crippen molar-refractivity contribution in [2.24, 2.45) is 0 Å². The highest BCUT2D eigenvalue weighted by Crippen LogP contribution is 2.10. The summed E-state index contributed by atoms with van der Waals surface area (Å²) in [4.78, 5) is 12.0. The van der Waals surface area contributed by atoms with Crippen LogP contribution in [-0.2, 0) is 6.54 Å². The molecule has 0 spiro atoms. The molecule has 1 heterocycles. The van der Waals surface area contributed by atoms with Gasteiger partial charge >= 0.3 is 0 Å². The molecule has 0 radical (unpaired) electrons. The number of carbonyl (C=O) groups is 1. The second kappa shape index (κ2) is 6.27. The van der Waals surface area contributed by atoms with Crippen LogP contribution in [0.2, 0.25) is 0 Å². The number of nitrogens with one attached hydrogen (secondary N) is 1. The molecule has 0 saturated heterocycles. The van der Waals surface area contributed by atoms with Gasteiger partial charge in [-0.15, -0.1) is 0 Å². The van der Waals surface area contributed by atoms with Crippen molar-refractivity contribution in [3.8, 4) is 0 Å². The van der Waals surface area contributed by atoms with Gasteiger partial charge in [0.05, 0.1) is 5.69 Å². The second-order valence-electron chi connectivity index (χ2n) is 4.16. The molecule has 1 aromatic rings. The average Bonchev–Trinajstić information content (AvgIpc) is 2.70. The second-order valence-corrected chi connectivity index (χ2v) is 4.16. The van der Waals surface area contributed by atoms with Crippen molar-refractivity contribution >= 4 is 11.6 Å². The van der Waals surface area contributed by atoms with Gasteiger partial charge in [0, 0.05) is 18.8 Å². The van der Waals surface area contributed by atoms with Crippen LogP contribution in [0.3, 0.4) is 0 Å². The maximum Gasteiger partial charge on any atom is 0.274 e. The number of amides is 1. The van der Waals surface area contributed by atoms with Gasteiger partial charge in [0.1, 0.15) is 0 Å². The first kappa shape index (κ1) is 13.5. The summed E-state index contributed by atoms with van der Waals surface area (Å²) in [5.41, 5.74) is 6.54. The third kappa shape index (κ3) is 3.47. The zero-order chi connectivity index (χ0) is 12.8. The molecule has 5 nitrogen and oxygen atoms in total. The quantitative estimate of drug-likeness (QED) is 0.793. The third-order valence-electron chi connectivity index (χ3n) is 2.79. The lowest BCUT2D eigenvalue weighted by molar-refractivity contribution is 0.0928. The number of rotatable bonds is 6. The molecule has 1 unspecified atom stereocenters. The molecule has 0 saturated carbocycles. The molecular weight excluding hydrogens is 216 g/mol. The molecule has 1 rings (SSSR count). The Hall–Kier alpha value is -1.52. The Morgan fingerprint density at radius 3 is 2.71 bits per heavy atom. The summed E-state index contributed by atoms with van der Waals surface area (Å²) >= 11 is 0. The molecule has 1 amide bonds. The Bertz CT molecular complexity index is 373. The number of hydrogen-bond donors (Lipinski definition) is 2. The Morgan fingerprint density at radius 2 is 2.24 bits per heavy atom. The zero-order valence-electron chi connectivity index (χ0n) is 10.9. The number of anilines is 1. The van der Waals surface area contributed by atoms with E-state index in [-0.39, 0.29) is 11.9 Å². The number of nitrogens with zero attached hydrogens (tertiary/aromatic N) is 2. The van der Waals surface area contributed by atoms with E-state index in [2.05, 4.69) is 24.3 Å². The van der Waals surface area contributed by atoms with Gasteiger partial charge in [-0.25, -0.2) is 0 Å². The normalized spacial score (nSPS) is 12.4. The van der Waals surface area contributed by atoms with Crippen LogP contribution in [0.4, 0.5) is 5.69 Å². The van der Waals surface area contributed by atoms with Crippen molar-refractivity contribution in [2.75, 3.05) is 5.73 Å². The lowest BCUT2D eigenvalue weighted by Crippen LogP contribution is -2.34. The fourth-order valence-corrected chi connectivity index (χ4v) is 1.76. The van der Waals surface area contributed by atoms with Crippen LogP contribution in [0, 0.1) is 0 Å². The number of aromatic nitrogens is 2. The number of aryl methyl sites for hydroxylation is 1. The van der Waals surface area contributed by atoms with Gasteiger partial charge in [-0.05, 0) is 19.8 Å². The van der Waals surface area contributed by atoms with Crippen molar-refractivity contribution in [3.05, 3.63) is 11.9 Å². The Labute approximate surface area is 102 Å². The highest BCUT2D eigenvalue weighted by molar-refractivity contribution is 5.97. The SMILES string of the molecule is CCCC(CC)NC(=O)c1nn(CC)cc1N. The van der Waals surface area contributed by atoms with E-state index in [9.17, 15) is 4.79 Å². The largest absolute Gasteiger partial charge is 0.396 e. The van der Waals surface area contributed by atoms with Crippen LogP contribution in [0.15, 0.2) is 6.20 Å². The van der Waals surface area contributed by atoms with Crippen molar-refractivity contribution in [3.63, 3.8) is 0 Å². The minimum Gasteiger partial charge on any atom is -0.396 e. The molecule has 0 aliphatic heterocycles. The van der Waals surface area contributed by atoms with Crippen LogP contribution in [0.25, 0.3) is 0 Å². The van der Waals surface area contributed by atoms with E-state index in [1.807, 2.05) is 6.92 Å². The fourth-order valence-electron chi connectivity index (χ4n) is 1.76. The molecule has 3 N–H and O–H groups in total. The zero-order valence-corrected chi connectivity index (χ0v) is 10.9. The van der Waals surface area contributed by atoms with Crippen LogP contribution in [0.1, 0.15) is 50.5 Å². The molecule has 17 heavy (non-hydrogen) atoms. The molecule has 0 aliphatic carbocycles. The predicted octanol–water partition coefficient (Wildman–Crippen LogP) is 1.79. The van der Waals surface area contributed by atoms with Gasteiger partial charge in [0.25, 0.3) is 5.91 Å². The standard InChI is InChI=1S/C12H22N4O/c1-4-7-9(5-2)14-12(17)11-10(13)8-16(6-3)15-11/h8-9H,4-7,13H2,1-3H3,(H,14,17). The summed E-state index contributed by atoms with van der Waals surface area (Å²) < 4.78 is 1.67. The molecule has 5 heteroatoms. The number of nitrogens with two attached hydrogens (primary N) is 1. The van der Waals surface area contributed by atoms with Crippen LogP contribution in [-0.4, -0.2) is 21.7 Å². The lowest BCUT2D eigenvalue weighted by atomic mass is 10.1. The van der Waals surface area contributed by atoms with E-state index in [1.54, 1.807) is 10.9 Å². The van der Waals surface area contributed by atoms with Gasteiger partial charge in [-0.3, -0.25) is 9.48 Å². The van der Waals surface area contributed by atoms with E-state index in [1.165, 1.54) is 0 Å². The summed E-state index contributed by atoms with van der Waals surface area (Å²) in [6.07, 6.45) is 4.65. The lowest BCUT2D eigenvalue weighted by Gasteiger charge is -2.15. The molecule has 0 aromatic carbocycles. The van der Waals surface area contributed by atoms with Gasteiger partial charge in [0.15, 0.2) is 5.69 Å². The van der Waals surface area contributed by atoms with Gasteiger partial charge in [-0.1, -0.05) is 20.3 Å². The molecule has 1 atom stereocenters. The molecule has 0 fully saturated rings. The summed E-state index contributed by atoms with van der Waals surface area (Å²) in [5.74, 6) is -0.171. The van der Waals surface area contributed by atoms with Crippen LogP contribution in [0.5, 0.6) is 0 Å². The monoisotopic (exact) mass is 238 g/mol. The van der Waals surface area contributed by atoms with Crippen molar-refractivity contribution in [1.82, 2.24) is 15.1 Å². The number of nitrogen functional groups attached to an aromatic ring is 1. The Balaban J connectivity index is 2.71. The summed E-state index contributed by atoms with van der Waals surface area (Å²) in [5, 5.41) is 7.12. The molecule has 0 aliphatic rings. The van der Waals surface area contributed by atoms with E-state index in [0.29, 0.717) is 17.9 Å². The van der Waals surface area contributed by atoms with E-state index in [4.69, 9.17) is 5.73 Å². The summed E-state index contributed by atoms with van der Waals surface area (Å²) in [7, 11) is 0. The first-order valence-electron chi connectivity index (χ1n) is 6.26. The molecule has 96 valence electrons. The van der Waals surface area contributed by atoms with Crippen LogP contribution >= 0.6 is 0 Å². The van der Waals surface area contributed by atoms with E-state index >= 15 is 0 Å². The minimum absolute atomic E-state index is 0.171. The minimum atomic E-state index is -0.171. The predicted molar refractivity (Wildman–Crippen MR) is 68.8 cm³/mol. The van der Waals surface area contributed by atoms with E-state index < -0.39 is 0 Å². The van der Waals surface area contributed by atoms with E-state index in [0.717, 1.165) is 19.3 Å². The smallest absolute Gasteiger partial charge is 0.274 e. The number of hydrogen-bond acceptors (Lipinski definition) is 3. The first-order chi connectivity index (χ1) is 8.12. The molecular formula is C12H22N4O. The van der Waals surface area contributed by atoms with Crippen LogP contribution < -0.4 is 11.1 Å². The highest BCUT2D eigenvalue weighted by Gasteiger charge is 2.17. The van der Waals surface area contributed by atoms with Crippen molar-refractivity contribution in [2.45, 2.75) is 52.6 Å².